The number of aryl methyl sites for hydroxylation is 2. The number of pyridine rings is 1. The first-order chi connectivity index (χ1) is 15.1. The number of anilines is 1. The van der Waals surface area contributed by atoms with Crippen LogP contribution in [0, 0.1) is 19.7 Å². The number of aromatic nitrogens is 3. The molecule has 2 aromatic carbocycles. The van der Waals surface area contributed by atoms with Crippen molar-refractivity contribution >= 4 is 16.7 Å². The molecule has 1 aliphatic rings. The molecule has 4 nitrogen and oxygen atoms in total. The maximum atomic E-state index is 13.9. The highest BCUT2D eigenvalue weighted by atomic mass is 19.1. The van der Waals surface area contributed by atoms with Crippen LogP contribution in [0.3, 0.4) is 0 Å². The molecule has 0 saturated carbocycles. The summed E-state index contributed by atoms with van der Waals surface area (Å²) >= 11 is 0. The second kappa shape index (κ2) is 7.80. The number of nitrogens with zero attached hydrogens (tertiary/aromatic N) is 3. The molecule has 2 aromatic heterocycles. The minimum Gasteiger partial charge on any atom is -0.379 e. The van der Waals surface area contributed by atoms with Gasteiger partial charge in [0.05, 0.1) is 28.6 Å². The quantitative estimate of drug-likeness (QED) is 0.446. The van der Waals surface area contributed by atoms with Crippen LogP contribution in [0.15, 0.2) is 42.6 Å². The van der Waals surface area contributed by atoms with Crippen molar-refractivity contribution < 1.29 is 4.39 Å². The Bertz CT molecular complexity index is 1290. The van der Waals surface area contributed by atoms with Gasteiger partial charge in [0, 0.05) is 18.3 Å². The Balaban J connectivity index is 1.50. The van der Waals surface area contributed by atoms with Gasteiger partial charge in [-0.2, -0.15) is 0 Å². The van der Waals surface area contributed by atoms with E-state index in [1.54, 1.807) is 12.1 Å². The monoisotopic (exact) mass is 414 g/mol. The third-order valence-electron chi connectivity index (χ3n) is 6.49. The standard InChI is InChI=1S/C26H27FN4/c1-4-20-21-8-6-9-22(21)29-15-24(20)28-14-18-7-5-10-25(16(18)2)31-17(3)30-23-12-11-19(27)13-26(23)31/h5,7,10-13,15,28H,4,6,8-9,14H2,1-3H3. The van der Waals surface area contributed by atoms with E-state index in [2.05, 4.69) is 42.3 Å². The lowest BCUT2D eigenvalue weighted by molar-refractivity contribution is 0.629. The van der Waals surface area contributed by atoms with Gasteiger partial charge in [0.15, 0.2) is 0 Å². The third kappa shape index (κ3) is 3.38. The van der Waals surface area contributed by atoms with Gasteiger partial charge in [0.2, 0.25) is 0 Å². The highest BCUT2D eigenvalue weighted by Gasteiger charge is 2.19. The van der Waals surface area contributed by atoms with Crippen molar-refractivity contribution in [2.45, 2.75) is 53.0 Å². The van der Waals surface area contributed by atoms with Crippen LogP contribution in [0.25, 0.3) is 16.7 Å². The maximum Gasteiger partial charge on any atom is 0.125 e. The van der Waals surface area contributed by atoms with E-state index < -0.39 is 0 Å². The number of fused-ring (bicyclic) bond motifs is 2. The van der Waals surface area contributed by atoms with Crippen LogP contribution in [0.4, 0.5) is 10.1 Å². The van der Waals surface area contributed by atoms with Gasteiger partial charge < -0.3 is 5.32 Å². The maximum absolute atomic E-state index is 13.9. The van der Waals surface area contributed by atoms with E-state index in [4.69, 9.17) is 4.98 Å². The van der Waals surface area contributed by atoms with Crippen LogP contribution in [-0.4, -0.2) is 14.5 Å². The molecule has 31 heavy (non-hydrogen) atoms. The van der Waals surface area contributed by atoms with Gasteiger partial charge in [-0.25, -0.2) is 9.37 Å². The van der Waals surface area contributed by atoms with E-state index in [0.29, 0.717) is 6.54 Å². The molecule has 0 spiro atoms. The number of rotatable bonds is 5. The number of benzene rings is 2. The molecular formula is C26H27FN4. The smallest absolute Gasteiger partial charge is 0.125 e. The molecule has 158 valence electrons. The lowest BCUT2D eigenvalue weighted by Crippen LogP contribution is -2.09. The second-order valence-electron chi connectivity index (χ2n) is 8.33. The normalized spacial score (nSPS) is 13.0. The zero-order valence-electron chi connectivity index (χ0n) is 18.3. The second-order valence-corrected chi connectivity index (χ2v) is 8.33. The van der Waals surface area contributed by atoms with Crippen molar-refractivity contribution in [2.24, 2.45) is 0 Å². The largest absolute Gasteiger partial charge is 0.379 e. The van der Waals surface area contributed by atoms with E-state index in [0.717, 1.165) is 53.1 Å². The summed E-state index contributed by atoms with van der Waals surface area (Å²) in [7, 11) is 0. The molecule has 0 amide bonds. The van der Waals surface area contributed by atoms with Crippen LogP contribution in [-0.2, 0) is 25.8 Å². The van der Waals surface area contributed by atoms with Crippen molar-refractivity contribution in [1.29, 1.82) is 0 Å². The molecule has 0 radical (unpaired) electrons. The van der Waals surface area contributed by atoms with Crippen molar-refractivity contribution in [3.8, 4) is 5.69 Å². The van der Waals surface area contributed by atoms with E-state index >= 15 is 0 Å². The number of hydrogen-bond acceptors (Lipinski definition) is 3. The minimum atomic E-state index is -0.250. The first kappa shape index (κ1) is 19.7. The molecule has 2 heterocycles. The van der Waals surface area contributed by atoms with Crippen molar-refractivity contribution in [3.05, 3.63) is 82.2 Å². The molecule has 0 aliphatic heterocycles. The van der Waals surface area contributed by atoms with E-state index in [9.17, 15) is 4.39 Å². The van der Waals surface area contributed by atoms with Gasteiger partial charge in [-0.3, -0.25) is 9.55 Å². The molecule has 5 heteroatoms. The highest BCUT2D eigenvalue weighted by molar-refractivity contribution is 5.79. The molecular weight excluding hydrogens is 387 g/mol. The van der Waals surface area contributed by atoms with Crippen LogP contribution in [0.2, 0.25) is 0 Å². The SMILES string of the molecule is CCc1c(NCc2cccc(-n3c(C)nc4ccc(F)cc43)c2C)cnc2c1CCC2. The predicted octanol–water partition coefficient (Wildman–Crippen LogP) is 5.84. The zero-order valence-corrected chi connectivity index (χ0v) is 18.3. The molecule has 4 aromatic rings. The van der Waals surface area contributed by atoms with Gasteiger partial charge in [0.25, 0.3) is 0 Å². The summed E-state index contributed by atoms with van der Waals surface area (Å²) in [5.41, 5.74) is 10.3. The highest BCUT2D eigenvalue weighted by Crippen LogP contribution is 2.30. The van der Waals surface area contributed by atoms with Crippen molar-refractivity contribution in [1.82, 2.24) is 14.5 Å². The first-order valence-corrected chi connectivity index (χ1v) is 11.0. The molecule has 1 N–H and O–H groups in total. The lowest BCUT2D eigenvalue weighted by atomic mass is 10.0. The molecule has 0 fully saturated rings. The van der Waals surface area contributed by atoms with Gasteiger partial charge in [0.1, 0.15) is 11.6 Å². The van der Waals surface area contributed by atoms with Gasteiger partial charge in [-0.1, -0.05) is 19.1 Å². The summed E-state index contributed by atoms with van der Waals surface area (Å²) in [6.45, 7) is 7.02. The van der Waals surface area contributed by atoms with Crippen LogP contribution in [0.1, 0.15) is 47.1 Å². The van der Waals surface area contributed by atoms with Gasteiger partial charge in [-0.05, 0) is 80.0 Å². The predicted molar refractivity (Wildman–Crippen MR) is 123 cm³/mol. The zero-order chi connectivity index (χ0) is 21.5. The molecule has 0 atom stereocenters. The molecule has 0 saturated heterocycles. The summed E-state index contributed by atoms with van der Waals surface area (Å²) in [5, 5.41) is 3.64. The Morgan fingerprint density at radius 2 is 2.00 bits per heavy atom. The Morgan fingerprint density at radius 3 is 2.84 bits per heavy atom. The average molecular weight is 415 g/mol. The van der Waals surface area contributed by atoms with Crippen LogP contribution in [0.5, 0.6) is 0 Å². The number of nitrogens with one attached hydrogen (secondary N) is 1. The molecule has 0 unspecified atom stereocenters. The van der Waals surface area contributed by atoms with Crippen molar-refractivity contribution in [3.63, 3.8) is 0 Å². The fourth-order valence-corrected chi connectivity index (χ4v) is 4.90. The molecule has 0 bridgehead atoms. The topological polar surface area (TPSA) is 42.7 Å². The first-order valence-electron chi connectivity index (χ1n) is 11.0. The summed E-state index contributed by atoms with van der Waals surface area (Å²) in [6, 6.07) is 11.0. The number of imidazole rings is 1. The summed E-state index contributed by atoms with van der Waals surface area (Å²) < 4.78 is 16.0. The van der Waals surface area contributed by atoms with Crippen LogP contribution < -0.4 is 5.32 Å². The van der Waals surface area contributed by atoms with E-state index in [1.165, 1.54) is 34.9 Å². The summed E-state index contributed by atoms with van der Waals surface area (Å²) in [6.07, 6.45) is 6.46. The van der Waals surface area contributed by atoms with Crippen LogP contribution >= 0.6 is 0 Å². The fraction of sp³-hybridized carbons (Fsp3) is 0.308. The van der Waals surface area contributed by atoms with Gasteiger partial charge >= 0.3 is 0 Å². The molecule has 5 rings (SSSR count). The minimum absolute atomic E-state index is 0.250. The summed E-state index contributed by atoms with van der Waals surface area (Å²) in [5.74, 6) is 0.602. The van der Waals surface area contributed by atoms with Gasteiger partial charge in [-0.15, -0.1) is 0 Å². The van der Waals surface area contributed by atoms with E-state index in [1.807, 2.05) is 17.7 Å². The Kier molecular flexibility index (Phi) is 4.97. The van der Waals surface area contributed by atoms with Crippen molar-refractivity contribution in [2.75, 3.05) is 5.32 Å². The lowest BCUT2D eigenvalue weighted by Gasteiger charge is -2.17. The Labute approximate surface area is 182 Å². The number of hydrogen-bond donors (Lipinski definition) is 1. The average Bonchev–Trinajstić information content (AvgIpc) is 3.36. The fourth-order valence-electron chi connectivity index (χ4n) is 4.90. The summed E-state index contributed by atoms with van der Waals surface area (Å²) in [4.78, 5) is 9.33. The third-order valence-corrected chi connectivity index (χ3v) is 6.49. The Hall–Kier alpha value is -3.21. The number of halogens is 1. The van der Waals surface area contributed by atoms with E-state index in [-0.39, 0.29) is 5.82 Å². The molecule has 1 aliphatic carbocycles. The Morgan fingerprint density at radius 1 is 1.13 bits per heavy atom.